The van der Waals surface area contributed by atoms with Gasteiger partial charge in [-0.05, 0) is 48.6 Å². The standard InChI is InChI=1S/C14H12BCl2O/c1-9-3-5-11(7-13(9)16)15-18-12-6-4-10(2)14(17)8-12/h3-8H,1-2H3. The summed E-state index contributed by atoms with van der Waals surface area (Å²) in [5, 5.41) is 1.43. The van der Waals surface area contributed by atoms with Gasteiger partial charge in [0, 0.05) is 10.0 Å². The number of rotatable bonds is 3. The minimum Gasteiger partial charge on any atom is -0.558 e. The Morgan fingerprint density at radius 3 is 2.11 bits per heavy atom. The summed E-state index contributed by atoms with van der Waals surface area (Å²) >= 11 is 12.1. The highest BCUT2D eigenvalue weighted by atomic mass is 35.5. The number of hydrogen-bond acceptors (Lipinski definition) is 1. The van der Waals surface area contributed by atoms with Crippen LogP contribution in [0.1, 0.15) is 11.1 Å². The summed E-state index contributed by atoms with van der Waals surface area (Å²) in [7, 11) is 1.66. The molecule has 2 rings (SSSR count). The molecule has 1 nitrogen and oxygen atoms in total. The summed E-state index contributed by atoms with van der Waals surface area (Å²) in [6, 6.07) is 11.4. The van der Waals surface area contributed by atoms with Crippen LogP contribution in [0.25, 0.3) is 0 Å². The molecule has 0 aliphatic rings. The van der Waals surface area contributed by atoms with E-state index in [1.807, 2.05) is 44.2 Å². The second-order valence-corrected chi connectivity index (χ2v) is 4.97. The first-order valence-electron chi connectivity index (χ1n) is 5.58. The average molecular weight is 278 g/mol. The second kappa shape index (κ2) is 5.68. The van der Waals surface area contributed by atoms with Gasteiger partial charge in [0.1, 0.15) is 5.75 Å². The van der Waals surface area contributed by atoms with Crippen LogP contribution in [-0.2, 0) is 0 Å². The first-order chi connectivity index (χ1) is 8.56. The normalized spacial score (nSPS) is 10.2. The third-order valence-electron chi connectivity index (χ3n) is 2.67. The van der Waals surface area contributed by atoms with Gasteiger partial charge >= 0.3 is 7.48 Å². The van der Waals surface area contributed by atoms with Gasteiger partial charge in [-0.2, -0.15) is 0 Å². The molecule has 0 heterocycles. The predicted octanol–water partition coefficient (Wildman–Crippen LogP) is 3.93. The van der Waals surface area contributed by atoms with E-state index < -0.39 is 0 Å². The number of hydrogen-bond donors (Lipinski definition) is 0. The van der Waals surface area contributed by atoms with Gasteiger partial charge in [0.2, 0.25) is 0 Å². The Morgan fingerprint density at radius 1 is 0.889 bits per heavy atom. The van der Waals surface area contributed by atoms with Crippen LogP contribution < -0.4 is 10.1 Å². The monoisotopic (exact) mass is 277 g/mol. The average Bonchev–Trinajstić information content (AvgIpc) is 2.35. The maximum atomic E-state index is 6.04. The van der Waals surface area contributed by atoms with Gasteiger partial charge in [0.15, 0.2) is 0 Å². The number of aryl methyl sites for hydroxylation is 2. The molecular formula is C14H12BCl2O. The van der Waals surface area contributed by atoms with Crippen molar-refractivity contribution in [1.82, 2.24) is 0 Å². The summed E-state index contributed by atoms with van der Waals surface area (Å²) in [5.74, 6) is 0.710. The molecule has 0 bridgehead atoms. The van der Waals surface area contributed by atoms with Crippen molar-refractivity contribution in [1.29, 1.82) is 0 Å². The quantitative estimate of drug-likeness (QED) is 0.773. The SMILES string of the molecule is Cc1ccc([B]Oc2ccc(C)c(Cl)c2)cc1Cl. The molecule has 0 N–H and O–H groups in total. The maximum absolute atomic E-state index is 6.04. The molecule has 0 unspecified atom stereocenters. The van der Waals surface area contributed by atoms with Crippen LogP contribution in [0.15, 0.2) is 36.4 Å². The van der Waals surface area contributed by atoms with E-state index in [-0.39, 0.29) is 0 Å². The molecule has 0 atom stereocenters. The Balaban J connectivity index is 2.06. The molecule has 0 fully saturated rings. The van der Waals surface area contributed by atoms with Crippen LogP contribution in [-0.4, -0.2) is 7.48 Å². The molecule has 0 saturated heterocycles. The van der Waals surface area contributed by atoms with Crippen molar-refractivity contribution in [2.45, 2.75) is 13.8 Å². The molecule has 4 heteroatoms. The van der Waals surface area contributed by atoms with Crippen molar-refractivity contribution in [2.75, 3.05) is 0 Å². The van der Waals surface area contributed by atoms with E-state index in [1.165, 1.54) is 0 Å². The van der Waals surface area contributed by atoms with E-state index in [4.69, 9.17) is 27.9 Å². The van der Waals surface area contributed by atoms with Crippen LogP contribution in [0.4, 0.5) is 0 Å². The molecule has 0 spiro atoms. The van der Waals surface area contributed by atoms with E-state index in [0.29, 0.717) is 10.8 Å². The highest BCUT2D eigenvalue weighted by molar-refractivity contribution is 6.48. The van der Waals surface area contributed by atoms with E-state index in [2.05, 4.69) is 0 Å². The summed E-state index contributed by atoms with van der Waals surface area (Å²) in [4.78, 5) is 0. The fraction of sp³-hybridized carbons (Fsp3) is 0.143. The van der Waals surface area contributed by atoms with Gasteiger partial charge in [-0.15, -0.1) is 0 Å². The largest absolute Gasteiger partial charge is 0.558 e. The van der Waals surface area contributed by atoms with Crippen molar-refractivity contribution >= 4 is 36.1 Å². The van der Waals surface area contributed by atoms with Gasteiger partial charge < -0.3 is 4.65 Å². The van der Waals surface area contributed by atoms with Crippen LogP contribution in [0, 0.1) is 13.8 Å². The topological polar surface area (TPSA) is 9.23 Å². The highest BCUT2D eigenvalue weighted by Gasteiger charge is 2.04. The molecule has 18 heavy (non-hydrogen) atoms. The smallest absolute Gasteiger partial charge is 0.408 e. The van der Waals surface area contributed by atoms with Crippen molar-refractivity contribution < 1.29 is 4.65 Å². The van der Waals surface area contributed by atoms with E-state index >= 15 is 0 Å². The molecule has 2 aromatic carbocycles. The third kappa shape index (κ3) is 3.21. The lowest BCUT2D eigenvalue weighted by Gasteiger charge is -2.07. The lowest BCUT2D eigenvalue weighted by atomic mass is 9.87. The molecule has 91 valence electrons. The first-order valence-corrected chi connectivity index (χ1v) is 6.34. The van der Waals surface area contributed by atoms with Crippen molar-refractivity contribution in [3.8, 4) is 5.75 Å². The van der Waals surface area contributed by atoms with Crippen molar-refractivity contribution in [3.63, 3.8) is 0 Å². The maximum Gasteiger partial charge on any atom is 0.408 e. The zero-order valence-electron chi connectivity index (χ0n) is 10.2. The minimum absolute atomic E-state index is 0.697. The van der Waals surface area contributed by atoms with E-state index in [1.54, 1.807) is 13.5 Å². The molecule has 2 aromatic rings. The molecule has 0 aromatic heterocycles. The van der Waals surface area contributed by atoms with E-state index in [0.717, 1.165) is 21.6 Å². The predicted molar refractivity (Wildman–Crippen MR) is 78.4 cm³/mol. The number of benzene rings is 2. The van der Waals surface area contributed by atoms with Crippen molar-refractivity contribution in [3.05, 3.63) is 57.6 Å². The van der Waals surface area contributed by atoms with E-state index in [9.17, 15) is 0 Å². The Morgan fingerprint density at radius 2 is 1.50 bits per heavy atom. The van der Waals surface area contributed by atoms with Gasteiger partial charge in [0.25, 0.3) is 0 Å². The zero-order valence-corrected chi connectivity index (χ0v) is 11.7. The zero-order chi connectivity index (χ0) is 13.1. The summed E-state index contributed by atoms with van der Waals surface area (Å²) < 4.78 is 5.55. The van der Waals surface area contributed by atoms with Crippen LogP contribution in [0.3, 0.4) is 0 Å². The van der Waals surface area contributed by atoms with Gasteiger partial charge in [-0.25, -0.2) is 0 Å². The first kappa shape index (κ1) is 13.3. The van der Waals surface area contributed by atoms with Gasteiger partial charge in [0.05, 0.1) is 0 Å². The van der Waals surface area contributed by atoms with Crippen LogP contribution in [0.2, 0.25) is 10.0 Å². The van der Waals surface area contributed by atoms with Gasteiger partial charge in [-0.3, -0.25) is 0 Å². The molecule has 1 radical (unpaired) electrons. The fourth-order valence-corrected chi connectivity index (χ4v) is 1.82. The Hall–Kier alpha value is -1.12. The molecule has 0 amide bonds. The summed E-state index contributed by atoms with van der Waals surface area (Å²) in [6.07, 6.45) is 0. The lowest BCUT2D eigenvalue weighted by molar-refractivity contribution is 0.604. The Kier molecular flexibility index (Phi) is 4.21. The summed E-state index contributed by atoms with van der Waals surface area (Å²) in [5.41, 5.74) is 3.00. The molecule has 0 aliphatic carbocycles. The number of halogens is 2. The second-order valence-electron chi connectivity index (χ2n) is 4.16. The molecule has 0 aliphatic heterocycles. The molecule has 0 saturated carbocycles. The third-order valence-corrected chi connectivity index (χ3v) is 3.48. The fourth-order valence-electron chi connectivity index (χ4n) is 1.47. The summed E-state index contributed by atoms with van der Waals surface area (Å²) in [6.45, 7) is 3.92. The van der Waals surface area contributed by atoms with Crippen molar-refractivity contribution in [2.24, 2.45) is 0 Å². The van der Waals surface area contributed by atoms with Gasteiger partial charge in [-0.1, -0.05) is 41.4 Å². The minimum atomic E-state index is 0.697. The van der Waals surface area contributed by atoms with Crippen LogP contribution >= 0.6 is 23.2 Å². The van der Waals surface area contributed by atoms with Crippen LogP contribution in [0.5, 0.6) is 5.75 Å². The Bertz CT molecular complexity index is 518. The highest BCUT2D eigenvalue weighted by Crippen LogP contribution is 2.21. The lowest BCUT2D eigenvalue weighted by Crippen LogP contribution is -2.20. The molecular weight excluding hydrogens is 266 g/mol. The Labute approximate surface area is 118 Å².